The molecule has 3 N–H and O–H groups in total. The summed E-state index contributed by atoms with van der Waals surface area (Å²) in [5.41, 5.74) is 7.95. The van der Waals surface area contributed by atoms with Gasteiger partial charge in [-0.2, -0.15) is 0 Å². The summed E-state index contributed by atoms with van der Waals surface area (Å²) >= 11 is 0. The first-order valence-corrected chi connectivity index (χ1v) is 9.82. The molecule has 154 valence electrons. The van der Waals surface area contributed by atoms with Crippen LogP contribution in [0.2, 0.25) is 0 Å². The number of fused-ring (bicyclic) bond motifs is 1. The zero-order valence-corrected chi connectivity index (χ0v) is 16.6. The van der Waals surface area contributed by atoms with E-state index in [-0.39, 0.29) is 12.5 Å². The van der Waals surface area contributed by atoms with E-state index in [1.807, 2.05) is 29.2 Å². The number of hydrogen-bond donors (Lipinski definition) is 2. The fourth-order valence-corrected chi connectivity index (χ4v) is 3.52. The van der Waals surface area contributed by atoms with Gasteiger partial charge in [0.05, 0.1) is 6.54 Å². The van der Waals surface area contributed by atoms with Gasteiger partial charge in [0.25, 0.3) is 5.91 Å². The lowest BCUT2D eigenvalue weighted by molar-refractivity contribution is -0.0588. The van der Waals surface area contributed by atoms with Gasteiger partial charge in [0.15, 0.2) is 0 Å². The quantitative estimate of drug-likeness (QED) is 0.529. The molecule has 1 atom stereocenters. The van der Waals surface area contributed by atoms with E-state index < -0.39 is 12.1 Å². The molecule has 0 aliphatic carbocycles. The van der Waals surface area contributed by atoms with Crippen LogP contribution in [0, 0.1) is 0 Å². The number of ether oxygens (including phenoxy) is 1. The van der Waals surface area contributed by atoms with Gasteiger partial charge < -0.3 is 15.4 Å². The van der Waals surface area contributed by atoms with E-state index in [0.717, 1.165) is 31.4 Å². The molecule has 1 aliphatic rings. The molecular formula is C22H27N3O4. The molecule has 7 heteroatoms. The normalized spacial score (nSPS) is 14.3. The number of nitrogens with two attached hydrogens (primary N) is 1. The first kappa shape index (κ1) is 20.7. The van der Waals surface area contributed by atoms with Crippen molar-refractivity contribution >= 4 is 11.9 Å². The Hall–Kier alpha value is -3.06. The van der Waals surface area contributed by atoms with Crippen LogP contribution in [0.1, 0.15) is 34.8 Å². The Morgan fingerprint density at radius 1 is 1.28 bits per heavy atom. The lowest BCUT2D eigenvalue weighted by atomic mass is 9.98. The monoisotopic (exact) mass is 397 g/mol. The summed E-state index contributed by atoms with van der Waals surface area (Å²) in [7, 11) is 0. The van der Waals surface area contributed by atoms with Crippen molar-refractivity contribution < 1.29 is 19.5 Å². The van der Waals surface area contributed by atoms with Gasteiger partial charge in [-0.3, -0.25) is 10.0 Å². The Balaban J connectivity index is 1.56. The number of primary amides is 1. The van der Waals surface area contributed by atoms with Crippen molar-refractivity contribution in [1.82, 2.24) is 9.96 Å². The van der Waals surface area contributed by atoms with Crippen molar-refractivity contribution in [3.8, 4) is 5.75 Å². The second-order valence-corrected chi connectivity index (χ2v) is 7.30. The molecule has 2 aromatic rings. The predicted octanol–water partition coefficient (Wildman–Crippen LogP) is 2.85. The lowest BCUT2D eigenvalue weighted by Gasteiger charge is -2.29. The standard InChI is InChI=1S/C22H27N3O4/c1-16(15-25(28)22(23)27)29-19-9-10-20-18(14-19)11-13-24(21(20)26)12-5-8-17-6-3-2-4-7-17/h2-4,6-7,9-10,14,16,28H,5,8,11-13,15H2,1H3,(H2,23,27). The van der Waals surface area contributed by atoms with Crippen molar-refractivity contribution in [3.63, 3.8) is 0 Å². The van der Waals surface area contributed by atoms with Crippen molar-refractivity contribution in [1.29, 1.82) is 0 Å². The molecule has 3 amide bonds. The van der Waals surface area contributed by atoms with Crippen molar-refractivity contribution in [2.45, 2.75) is 32.3 Å². The molecule has 1 heterocycles. The molecule has 0 saturated carbocycles. The molecule has 3 rings (SSSR count). The summed E-state index contributed by atoms with van der Waals surface area (Å²) in [6.07, 6.45) is 2.21. The second-order valence-electron chi connectivity index (χ2n) is 7.30. The Kier molecular flexibility index (Phi) is 6.72. The Labute approximate surface area is 170 Å². The molecule has 2 aromatic carbocycles. The summed E-state index contributed by atoms with van der Waals surface area (Å²) in [6, 6.07) is 14.7. The zero-order chi connectivity index (χ0) is 20.8. The van der Waals surface area contributed by atoms with Crippen LogP contribution in [-0.2, 0) is 12.8 Å². The third-order valence-corrected chi connectivity index (χ3v) is 5.00. The molecule has 7 nitrogen and oxygen atoms in total. The number of hydroxylamine groups is 2. The van der Waals surface area contributed by atoms with Gasteiger partial charge >= 0.3 is 6.03 Å². The SMILES string of the molecule is CC(CN(O)C(N)=O)Oc1ccc2c(c1)CCN(CCCc1ccccc1)C2=O. The van der Waals surface area contributed by atoms with Gasteiger partial charge in [-0.1, -0.05) is 30.3 Å². The minimum absolute atomic E-state index is 0.0411. The maximum atomic E-state index is 12.8. The fraction of sp³-hybridized carbons (Fsp3) is 0.364. The van der Waals surface area contributed by atoms with Crippen LogP contribution in [0.5, 0.6) is 5.75 Å². The number of benzene rings is 2. The van der Waals surface area contributed by atoms with Crippen molar-refractivity contribution in [2.24, 2.45) is 5.73 Å². The van der Waals surface area contributed by atoms with E-state index in [1.54, 1.807) is 19.1 Å². The van der Waals surface area contributed by atoms with Gasteiger partial charge in [0, 0.05) is 18.7 Å². The minimum atomic E-state index is -0.927. The smallest absolute Gasteiger partial charge is 0.338 e. The zero-order valence-electron chi connectivity index (χ0n) is 16.6. The Morgan fingerprint density at radius 3 is 2.76 bits per heavy atom. The summed E-state index contributed by atoms with van der Waals surface area (Å²) in [5.74, 6) is 0.647. The molecule has 0 saturated heterocycles. The van der Waals surface area contributed by atoms with Gasteiger partial charge in [-0.25, -0.2) is 9.86 Å². The van der Waals surface area contributed by atoms with Crippen molar-refractivity contribution in [3.05, 3.63) is 65.2 Å². The second kappa shape index (κ2) is 9.43. The summed E-state index contributed by atoms with van der Waals surface area (Å²) in [6.45, 7) is 3.11. The van der Waals surface area contributed by atoms with Crippen LogP contribution < -0.4 is 10.5 Å². The van der Waals surface area contributed by atoms with Gasteiger partial charge in [-0.05, 0) is 55.5 Å². The molecule has 0 aromatic heterocycles. The molecule has 0 radical (unpaired) electrons. The molecular weight excluding hydrogens is 370 g/mol. The van der Waals surface area contributed by atoms with E-state index in [0.29, 0.717) is 22.9 Å². The van der Waals surface area contributed by atoms with Gasteiger partial charge in [0.1, 0.15) is 11.9 Å². The summed E-state index contributed by atoms with van der Waals surface area (Å²) in [5, 5.41) is 9.82. The number of rotatable bonds is 8. The van der Waals surface area contributed by atoms with Crippen molar-refractivity contribution in [2.75, 3.05) is 19.6 Å². The van der Waals surface area contributed by atoms with E-state index in [1.165, 1.54) is 5.56 Å². The van der Waals surface area contributed by atoms with Crippen LogP contribution in [0.25, 0.3) is 0 Å². The molecule has 0 fully saturated rings. The van der Waals surface area contributed by atoms with E-state index >= 15 is 0 Å². The number of aryl methyl sites for hydroxylation is 1. The molecule has 29 heavy (non-hydrogen) atoms. The highest BCUT2D eigenvalue weighted by Crippen LogP contribution is 2.25. The highest BCUT2D eigenvalue weighted by Gasteiger charge is 2.24. The topological polar surface area (TPSA) is 96.1 Å². The van der Waals surface area contributed by atoms with E-state index in [9.17, 15) is 14.8 Å². The number of carbonyl (C=O) groups is 2. The van der Waals surface area contributed by atoms with Crippen LogP contribution in [0.15, 0.2) is 48.5 Å². The lowest BCUT2D eigenvalue weighted by Crippen LogP contribution is -2.39. The molecule has 1 unspecified atom stereocenters. The van der Waals surface area contributed by atoms with Crippen LogP contribution in [-0.4, -0.2) is 52.8 Å². The number of urea groups is 1. The number of hydrogen-bond acceptors (Lipinski definition) is 4. The average molecular weight is 397 g/mol. The molecule has 0 spiro atoms. The number of carbonyl (C=O) groups excluding carboxylic acids is 2. The van der Waals surface area contributed by atoms with Gasteiger partial charge in [0.2, 0.25) is 0 Å². The van der Waals surface area contributed by atoms with Crippen LogP contribution in [0.4, 0.5) is 4.79 Å². The predicted molar refractivity (Wildman–Crippen MR) is 109 cm³/mol. The van der Waals surface area contributed by atoms with Crippen LogP contribution in [0.3, 0.4) is 0 Å². The summed E-state index contributed by atoms with van der Waals surface area (Å²) in [4.78, 5) is 25.6. The maximum Gasteiger partial charge on any atom is 0.338 e. The summed E-state index contributed by atoms with van der Waals surface area (Å²) < 4.78 is 5.74. The first-order chi connectivity index (χ1) is 13.9. The minimum Gasteiger partial charge on any atom is -0.489 e. The number of nitrogens with zero attached hydrogens (tertiary/aromatic N) is 2. The first-order valence-electron chi connectivity index (χ1n) is 9.82. The maximum absolute atomic E-state index is 12.8. The van der Waals surface area contributed by atoms with E-state index in [4.69, 9.17) is 10.5 Å². The van der Waals surface area contributed by atoms with E-state index in [2.05, 4.69) is 12.1 Å². The van der Waals surface area contributed by atoms with Crippen LogP contribution >= 0.6 is 0 Å². The molecule has 0 bridgehead atoms. The highest BCUT2D eigenvalue weighted by molar-refractivity contribution is 5.96. The van der Waals surface area contributed by atoms with Gasteiger partial charge in [-0.15, -0.1) is 0 Å². The number of amides is 3. The highest BCUT2D eigenvalue weighted by atomic mass is 16.5. The Morgan fingerprint density at radius 2 is 2.03 bits per heavy atom. The fourth-order valence-electron chi connectivity index (χ4n) is 3.52. The largest absolute Gasteiger partial charge is 0.489 e. The molecule has 1 aliphatic heterocycles. The third-order valence-electron chi connectivity index (χ3n) is 5.00. The average Bonchev–Trinajstić information content (AvgIpc) is 2.70. The Bertz CT molecular complexity index is 856. The third kappa shape index (κ3) is 5.48.